The van der Waals surface area contributed by atoms with Crippen LogP contribution in [0.15, 0.2) is 34.9 Å². The third-order valence-corrected chi connectivity index (χ3v) is 6.64. The van der Waals surface area contributed by atoms with E-state index in [1.54, 1.807) is 0 Å². The van der Waals surface area contributed by atoms with Gasteiger partial charge in [-0.05, 0) is 38.3 Å². The lowest BCUT2D eigenvalue weighted by Gasteiger charge is -2.36. The summed E-state index contributed by atoms with van der Waals surface area (Å²) in [7, 11) is 0. The van der Waals surface area contributed by atoms with Crippen LogP contribution in [0.25, 0.3) is 0 Å². The summed E-state index contributed by atoms with van der Waals surface area (Å²) in [6.07, 6.45) is 4.65. The first kappa shape index (κ1) is 18.4. The Bertz CT molecular complexity index is 955. The lowest BCUT2D eigenvalue weighted by Crippen LogP contribution is -2.54. The average molecular weight is 394 g/mol. The molecule has 0 saturated carbocycles. The zero-order valence-electron chi connectivity index (χ0n) is 16.6. The first-order valence-electron chi connectivity index (χ1n) is 10.5. The van der Waals surface area contributed by atoms with Crippen molar-refractivity contribution in [1.29, 1.82) is 0 Å². The Hall–Kier alpha value is -2.67. The van der Waals surface area contributed by atoms with Gasteiger partial charge in [0, 0.05) is 23.4 Å². The summed E-state index contributed by atoms with van der Waals surface area (Å²) in [6.45, 7) is 3.22. The Balaban J connectivity index is 1.42. The topological polar surface area (TPSA) is 87.5 Å². The van der Waals surface area contributed by atoms with Crippen LogP contribution in [0.3, 0.4) is 0 Å². The molecule has 2 N–H and O–H groups in total. The highest BCUT2D eigenvalue weighted by molar-refractivity contribution is 6.09. The summed E-state index contributed by atoms with van der Waals surface area (Å²) in [5.74, 6) is 0.0490. The zero-order chi connectivity index (χ0) is 20.0. The molecule has 0 unspecified atom stereocenters. The third-order valence-electron chi connectivity index (χ3n) is 6.64. The minimum Gasteiger partial charge on any atom is -0.359 e. The molecule has 7 nitrogen and oxygen atoms in total. The highest BCUT2D eigenvalue weighted by Crippen LogP contribution is 2.55. The Morgan fingerprint density at radius 3 is 3.14 bits per heavy atom. The van der Waals surface area contributed by atoms with Gasteiger partial charge in [0.1, 0.15) is 5.54 Å². The van der Waals surface area contributed by atoms with Gasteiger partial charge >= 0.3 is 0 Å². The van der Waals surface area contributed by atoms with E-state index in [0.29, 0.717) is 12.2 Å². The van der Waals surface area contributed by atoms with Gasteiger partial charge in [-0.1, -0.05) is 36.7 Å². The van der Waals surface area contributed by atoms with Crippen LogP contribution in [0.1, 0.15) is 49.6 Å². The maximum absolute atomic E-state index is 13.3. The molecule has 3 aliphatic heterocycles. The van der Waals surface area contributed by atoms with E-state index < -0.39 is 11.5 Å². The minimum atomic E-state index is -0.906. The fourth-order valence-electron chi connectivity index (χ4n) is 5.49. The molecule has 7 heteroatoms. The largest absolute Gasteiger partial charge is 0.359 e. The summed E-state index contributed by atoms with van der Waals surface area (Å²) in [5, 5.41) is 10.1. The van der Waals surface area contributed by atoms with Crippen molar-refractivity contribution in [3.05, 3.63) is 47.3 Å². The van der Waals surface area contributed by atoms with Crippen molar-refractivity contribution in [2.45, 2.75) is 57.2 Å². The van der Waals surface area contributed by atoms with Gasteiger partial charge in [-0.3, -0.25) is 14.5 Å². The van der Waals surface area contributed by atoms with Crippen molar-refractivity contribution in [2.75, 3.05) is 11.9 Å². The number of carbonyl (C=O) groups excluding carboxylic acids is 2. The standard InChI is InChI=1S/C22H26N4O3/c1-2-6-14-11-16(29-25-14)13-23-20(27)18-12-15-7-5-10-26(15)22(18)17-8-3-4-9-19(17)24-21(22)28/h3-4,8-9,11,15,18H,2,5-7,10,12-13H2,1H3,(H,23,27)(H,24,28)/t15-,18-,22+/m1/s1. The smallest absolute Gasteiger partial charge is 0.250 e. The van der Waals surface area contributed by atoms with Crippen LogP contribution in [0.2, 0.25) is 0 Å². The van der Waals surface area contributed by atoms with Crippen LogP contribution in [0, 0.1) is 5.92 Å². The number of aromatic nitrogens is 1. The van der Waals surface area contributed by atoms with Crippen LogP contribution < -0.4 is 10.6 Å². The molecule has 3 atom stereocenters. The van der Waals surface area contributed by atoms with Crippen molar-refractivity contribution < 1.29 is 14.1 Å². The van der Waals surface area contributed by atoms with Crippen molar-refractivity contribution >= 4 is 17.5 Å². The monoisotopic (exact) mass is 394 g/mol. The number of para-hydroxylation sites is 1. The summed E-state index contributed by atoms with van der Waals surface area (Å²) in [6, 6.07) is 9.93. The number of carbonyl (C=O) groups is 2. The second-order valence-electron chi connectivity index (χ2n) is 8.30. The van der Waals surface area contributed by atoms with Crippen molar-refractivity contribution in [2.24, 2.45) is 5.92 Å². The van der Waals surface area contributed by atoms with E-state index in [1.807, 2.05) is 30.3 Å². The number of amides is 2. The fourth-order valence-corrected chi connectivity index (χ4v) is 5.49. The molecule has 29 heavy (non-hydrogen) atoms. The predicted octanol–water partition coefficient (Wildman–Crippen LogP) is 2.58. The average Bonchev–Trinajstić information content (AvgIpc) is 3.46. The molecule has 2 amide bonds. The van der Waals surface area contributed by atoms with Gasteiger partial charge in [0.05, 0.1) is 18.2 Å². The Kier molecular flexibility index (Phi) is 4.42. The highest BCUT2D eigenvalue weighted by Gasteiger charge is 2.65. The summed E-state index contributed by atoms with van der Waals surface area (Å²) >= 11 is 0. The number of benzene rings is 1. The fraction of sp³-hybridized carbons (Fsp3) is 0.500. The summed E-state index contributed by atoms with van der Waals surface area (Å²) in [5.41, 5.74) is 1.75. The second-order valence-corrected chi connectivity index (χ2v) is 8.30. The maximum atomic E-state index is 13.3. The molecule has 1 aromatic carbocycles. The molecule has 3 aliphatic rings. The molecular formula is C22H26N4O3. The van der Waals surface area contributed by atoms with Crippen molar-refractivity contribution in [3.63, 3.8) is 0 Å². The van der Waals surface area contributed by atoms with Gasteiger partial charge in [-0.25, -0.2) is 0 Å². The van der Waals surface area contributed by atoms with E-state index in [9.17, 15) is 9.59 Å². The number of nitrogens with zero attached hydrogens (tertiary/aromatic N) is 2. The number of nitrogens with one attached hydrogen (secondary N) is 2. The molecule has 0 bridgehead atoms. The van der Waals surface area contributed by atoms with E-state index in [2.05, 4.69) is 27.6 Å². The van der Waals surface area contributed by atoms with Crippen LogP contribution in [-0.2, 0) is 28.1 Å². The van der Waals surface area contributed by atoms with Gasteiger partial charge in [-0.15, -0.1) is 0 Å². The Morgan fingerprint density at radius 1 is 1.41 bits per heavy atom. The summed E-state index contributed by atoms with van der Waals surface area (Å²) < 4.78 is 5.34. The normalized spacial score (nSPS) is 27.8. The number of aryl methyl sites for hydroxylation is 1. The lowest BCUT2D eigenvalue weighted by molar-refractivity contribution is -0.137. The Labute approximate surface area is 169 Å². The molecule has 2 saturated heterocycles. The summed E-state index contributed by atoms with van der Waals surface area (Å²) in [4.78, 5) is 28.9. The van der Waals surface area contributed by atoms with Crippen LogP contribution in [0.4, 0.5) is 5.69 Å². The van der Waals surface area contributed by atoms with Crippen LogP contribution >= 0.6 is 0 Å². The first-order chi connectivity index (χ1) is 14.1. The van der Waals surface area contributed by atoms with Crippen LogP contribution in [0.5, 0.6) is 0 Å². The molecule has 4 heterocycles. The molecule has 1 aromatic heterocycles. The first-order valence-corrected chi connectivity index (χ1v) is 10.5. The SMILES string of the molecule is CCCc1cc(CNC(=O)[C@H]2C[C@H]3CCCN3[C@]23C(=O)Nc2ccccc23)on1. The van der Waals surface area contributed by atoms with E-state index >= 15 is 0 Å². The zero-order valence-corrected chi connectivity index (χ0v) is 16.6. The molecule has 0 radical (unpaired) electrons. The lowest BCUT2D eigenvalue weighted by atomic mass is 9.78. The Morgan fingerprint density at radius 2 is 2.28 bits per heavy atom. The van der Waals surface area contributed by atoms with E-state index in [4.69, 9.17) is 4.52 Å². The van der Waals surface area contributed by atoms with Crippen molar-refractivity contribution in [1.82, 2.24) is 15.4 Å². The quantitative estimate of drug-likeness (QED) is 0.814. The van der Waals surface area contributed by atoms with Gasteiger partial charge in [0.15, 0.2) is 5.76 Å². The molecular weight excluding hydrogens is 368 g/mol. The number of anilines is 1. The number of fused-ring (bicyclic) bond motifs is 4. The van der Waals surface area contributed by atoms with Crippen LogP contribution in [-0.4, -0.2) is 34.5 Å². The molecule has 0 aliphatic carbocycles. The molecule has 5 rings (SSSR count). The molecule has 2 aromatic rings. The molecule has 2 fully saturated rings. The van der Waals surface area contributed by atoms with E-state index in [-0.39, 0.29) is 24.4 Å². The van der Waals surface area contributed by atoms with E-state index in [1.165, 1.54) is 0 Å². The molecule has 1 spiro atoms. The van der Waals surface area contributed by atoms with Gasteiger partial charge < -0.3 is 15.2 Å². The highest BCUT2D eigenvalue weighted by atomic mass is 16.5. The number of rotatable bonds is 5. The second kappa shape index (κ2) is 6.99. The van der Waals surface area contributed by atoms with E-state index in [0.717, 1.165) is 49.2 Å². The van der Waals surface area contributed by atoms with Gasteiger partial charge in [0.2, 0.25) is 11.8 Å². The third kappa shape index (κ3) is 2.71. The number of hydrogen-bond donors (Lipinski definition) is 2. The maximum Gasteiger partial charge on any atom is 0.250 e. The van der Waals surface area contributed by atoms with Gasteiger partial charge in [0.25, 0.3) is 0 Å². The minimum absolute atomic E-state index is 0.0758. The molecule has 152 valence electrons. The number of hydrogen-bond acceptors (Lipinski definition) is 5. The predicted molar refractivity (Wildman–Crippen MR) is 107 cm³/mol. The van der Waals surface area contributed by atoms with Gasteiger partial charge in [-0.2, -0.15) is 0 Å². The van der Waals surface area contributed by atoms with Crippen molar-refractivity contribution in [3.8, 4) is 0 Å².